The van der Waals surface area contributed by atoms with E-state index in [0.717, 1.165) is 44.1 Å². The lowest BCUT2D eigenvalue weighted by Gasteiger charge is -2.29. The molecule has 3 fully saturated rings. The zero-order valence-corrected chi connectivity index (χ0v) is 56.5. The Morgan fingerprint density at radius 3 is 1.58 bits per heavy atom. The van der Waals surface area contributed by atoms with Gasteiger partial charge in [0, 0.05) is 12.8 Å². The van der Waals surface area contributed by atoms with Crippen LogP contribution in [-0.2, 0) is 92.7 Å². The predicted molar refractivity (Wildman–Crippen MR) is 343 cm³/mol. The highest BCUT2D eigenvalue weighted by Gasteiger charge is 2.65. The molecule has 8 atom stereocenters. The molecule has 3 heterocycles. The number of fused-ring (bicyclic) bond motifs is 3. The normalized spacial score (nSPS) is 20.9. The summed E-state index contributed by atoms with van der Waals surface area (Å²) < 4.78 is 89.1. The maximum absolute atomic E-state index is 13.0. The minimum absolute atomic E-state index is 0.0146. The van der Waals surface area contributed by atoms with E-state index in [1.165, 1.54) is 51.6 Å². The number of ether oxygens (including phenoxy) is 6. The average Bonchev–Trinajstić information content (AvgIpc) is 1.58. The smallest absolute Gasteiger partial charge is 0.369 e. The standard InChI is InChI=1S/C18H15S.C17H24O2.C15H20O3.C13H18O5.C9H16F2O5S/c1-4-10-16(11-5-1)19(17-12-6-2-7-13-17)18-14-8-3-9-15-18;1-4-17(2,3)16(18)19-15-12-8-6-10-13-9-5-7-11-14(13)15;1-4-15(2,3)14(17)18-13-8-10-5-6-12(16)7-11(10)9-13;1-4-13(2,3)12(15)18-9-7-5-6-8(16-7)10(9)17-11(6)14;1-5-8(3,4)7(12)16-6(2)9(10,11)17(13,14)15/h1-15H;5,7,9,11,15H,4,6,8,10,12H2,1-3H3;5-7,13,16H,4,8-9H2,1-3H3;6-10H,4-5H2,1-3H3;6H,5H2,1-4H3,(H,13,14,15)/q+1;;;;/p-1. The molecule has 10 rings (SSSR count). The maximum atomic E-state index is 13.0. The van der Waals surface area contributed by atoms with Crippen LogP contribution in [0, 0.1) is 27.6 Å². The molecule has 496 valence electrons. The summed E-state index contributed by atoms with van der Waals surface area (Å²) in [7, 11) is -5.87. The summed E-state index contributed by atoms with van der Waals surface area (Å²) in [5.41, 5.74) is 2.47. The first-order valence-corrected chi connectivity index (χ1v) is 34.2. The molecule has 0 radical (unpaired) electrons. The summed E-state index contributed by atoms with van der Waals surface area (Å²) >= 11 is 0. The number of aromatic hydroxyl groups is 1. The highest BCUT2D eigenvalue weighted by molar-refractivity contribution is 7.97. The van der Waals surface area contributed by atoms with Crippen molar-refractivity contribution in [2.24, 2.45) is 27.6 Å². The van der Waals surface area contributed by atoms with Crippen LogP contribution in [-0.4, -0.2) is 89.8 Å². The van der Waals surface area contributed by atoms with Crippen LogP contribution in [0.5, 0.6) is 5.75 Å². The lowest BCUT2D eigenvalue weighted by molar-refractivity contribution is -0.170. The summed E-state index contributed by atoms with van der Waals surface area (Å²) in [6.07, 6.45) is 5.39. The third kappa shape index (κ3) is 18.8. The van der Waals surface area contributed by atoms with Crippen LogP contribution in [0.1, 0.15) is 170 Å². The summed E-state index contributed by atoms with van der Waals surface area (Å²) in [4.78, 5) is 63.4. The van der Waals surface area contributed by atoms with Crippen molar-refractivity contribution in [2.75, 3.05) is 0 Å². The zero-order valence-electron chi connectivity index (χ0n) is 54.8. The SMILES string of the molecule is CCC(C)(C)C(=O)OC(C)C(F)(F)S(=O)(=O)[O-].CCC(C)(C)C(=O)OC1C2CC3C(=O)OC1C3O2.CCC(C)(C)C(=O)OC1CCCCc2ccccc21.CCC(C)(C)C(=O)OC1Cc2ccc(O)cc2C1.c1ccc([S+](c2ccccc2)c2ccccc2)cc1. The summed E-state index contributed by atoms with van der Waals surface area (Å²) in [6.45, 7) is 22.6. The fourth-order valence-electron chi connectivity index (χ4n) is 10.2. The molecule has 8 unspecified atom stereocenters. The van der Waals surface area contributed by atoms with Crippen LogP contribution in [0.4, 0.5) is 8.78 Å². The molecule has 19 heteroatoms. The van der Waals surface area contributed by atoms with E-state index < -0.39 is 55.9 Å². The Morgan fingerprint density at radius 2 is 1.08 bits per heavy atom. The Hall–Kier alpha value is -6.67. The monoisotopic (exact) mass is 1300 g/mol. The van der Waals surface area contributed by atoms with Gasteiger partial charge in [0.15, 0.2) is 43.1 Å². The van der Waals surface area contributed by atoms with Crippen molar-refractivity contribution in [1.82, 2.24) is 0 Å². The zero-order chi connectivity index (χ0) is 67.3. The molecule has 15 nitrogen and oxygen atoms in total. The molecule has 2 aliphatic carbocycles. The number of hydrogen-bond acceptors (Lipinski definition) is 15. The van der Waals surface area contributed by atoms with Crippen LogP contribution in [0.15, 0.2) is 148 Å². The Kier molecular flexibility index (Phi) is 25.2. The third-order valence-electron chi connectivity index (χ3n) is 18.0. The fourth-order valence-corrected chi connectivity index (χ4v) is 12.7. The number of carbonyl (C=O) groups is 5. The molecule has 3 aliphatic heterocycles. The van der Waals surface area contributed by atoms with Gasteiger partial charge in [-0.1, -0.05) is 113 Å². The number of alkyl halides is 2. The van der Waals surface area contributed by atoms with E-state index in [0.29, 0.717) is 32.6 Å². The van der Waals surface area contributed by atoms with Crippen molar-refractivity contribution >= 4 is 50.9 Å². The van der Waals surface area contributed by atoms with Crippen molar-refractivity contribution in [2.45, 2.75) is 223 Å². The number of esters is 5. The van der Waals surface area contributed by atoms with Crippen molar-refractivity contribution in [1.29, 1.82) is 0 Å². The summed E-state index contributed by atoms with van der Waals surface area (Å²) in [6, 6.07) is 45.9. The average molecular weight is 1300 g/mol. The number of benzene rings is 5. The van der Waals surface area contributed by atoms with Gasteiger partial charge in [-0.05, 0) is 191 Å². The van der Waals surface area contributed by atoms with Gasteiger partial charge in [0.2, 0.25) is 0 Å². The first kappa shape index (κ1) is 73.4. The van der Waals surface area contributed by atoms with Crippen molar-refractivity contribution in [3.8, 4) is 5.75 Å². The van der Waals surface area contributed by atoms with E-state index in [1.54, 1.807) is 19.1 Å². The number of halogens is 2. The third-order valence-corrected chi connectivity index (χ3v) is 21.2. The van der Waals surface area contributed by atoms with Gasteiger partial charge in [0.1, 0.15) is 24.1 Å². The molecule has 5 aliphatic rings. The highest BCUT2D eigenvalue weighted by atomic mass is 32.2. The lowest BCUT2D eigenvalue weighted by Crippen LogP contribution is -2.44. The van der Waals surface area contributed by atoms with Crippen molar-refractivity contribution in [3.05, 3.63) is 156 Å². The Bertz CT molecular complexity index is 3260. The van der Waals surface area contributed by atoms with E-state index >= 15 is 0 Å². The molecule has 0 aromatic heterocycles. The van der Waals surface area contributed by atoms with Gasteiger partial charge in [0.05, 0.1) is 44.6 Å². The van der Waals surface area contributed by atoms with E-state index in [-0.39, 0.29) is 76.3 Å². The lowest BCUT2D eigenvalue weighted by atomic mass is 9.87. The van der Waals surface area contributed by atoms with Crippen molar-refractivity contribution in [3.63, 3.8) is 0 Å². The van der Waals surface area contributed by atoms with Gasteiger partial charge in [0.25, 0.3) is 0 Å². The molecule has 2 bridgehead atoms. The Morgan fingerprint density at radius 1 is 0.615 bits per heavy atom. The van der Waals surface area contributed by atoms with E-state index in [1.807, 2.05) is 74.4 Å². The molecule has 3 saturated heterocycles. The molecule has 0 amide bonds. The molecule has 1 N–H and O–H groups in total. The first-order valence-electron chi connectivity index (χ1n) is 31.5. The molecule has 5 aromatic carbocycles. The van der Waals surface area contributed by atoms with Crippen LogP contribution in [0.2, 0.25) is 0 Å². The quantitative estimate of drug-likeness (QED) is 0.0301. The minimum Gasteiger partial charge on any atom is -0.743 e. The summed E-state index contributed by atoms with van der Waals surface area (Å²) in [5, 5.41) is 4.79. The Balaban J connectivity index is 0.000000181. The van der Waals surface area contributed by atoms with Crippen LogP contribution in [0.25, 0.3) is 0 Å². The largest absolute Gasteiger partial charge is 0.743 e. The molecule has 0 spiro atoms. The summed E-state index contributed by atoms with van der Waals surface area (Å²) in [5.74, 6) is -1.50. The van der Waals surface area contributed by atoms with Crippen LogP contribution in [0.3, 0.4) is 0 Å². The van der Waals surface area contributed by atoms with E-state index in [4.69, 9.17) is 23.7 Å². The van der Waals surface area contributed by atoms with Gasteiger partial charge in [-0.2, -0.15) is 8.78 Å². The van der Waals surface area contributed by atoms with Gasteiger partial charge < -0.3 is 38.1 Å². The second kappa shape index (κ2) is 31.3. The highest BCUT2D eigenvalue weighted by Crippen LogP contribution is 2.48. The maximum Gasteiger partial charge on any atom is 0.369 e. The van der Waals surface area contributed by atoms with Crippen LogP contribution < -0.4 is 0 Å². The second-order valence-electron chi connectivity index (χ2n) is 26.2. The van der Waals surface area contributed by atoms with Crippen LogP contribution >= 0.6 is 0 Å². The molecule has 91 heavy (non-hydrogen) atoms. The van der Waals surface area contributed by atoms with Gasteiger partial charge in [-0.25, -0.2) is 8.42 Å². The predicted octanol–water partition coefficient (Wildman–Crippen LogP) is 14.6. The number of carbonyl (C=O) groups excluding carboxylic acids is 5. The number of phenolic OH excluding ortho intramolecular Hbond substituents is 1. The van der Waals surface area contributed by atoms with Crippen molar-refractivity contribution < 1.29 is 79.3 Å². The van der Waals surface area contributed by atoms with Gasteiger partial charge >= 0.3 is 35.1 Å². The number of aryl methyl sites for hydroxylation is 1. The number of hydrogen-bond donors (Lipinski definition) is 1. The molecule has 0 saturated carbocycles. The van der Waals surface area contributed by atoms with E-state index in [2.05, 4.69) is 114 Å². The molecular weight excluding hydrogens is 1210 g/mol. The number of phenols is 1. The van der Waals surface area contributed by atoms with E-state index in [9.17, 15) is 50.8 Å². The minimum atomic E-state index is -5.86. The Labute approximate surface area is 539 Å². The second-order valence-corrected chi connectivity index (χ2v) is 29.7. The first-order chi connectivity index (χ1) is 42.7. The van der Waals surface area contributed by atoms with Gasteiger partial charge in [-0.15, -0.1) is 0 Å². The fraction of sp³-hybridized carbons (Fsp3) is 0.514. The van der Waals surface area contributed by atoms with Gasteiger partial charge in [-0.3, -0.25) is 24.0 Å². The molecule has 5 aromatic rings. The number of rotatable bonds is 17. The topological polar surface area (TPSA) is 218 Å². The molecular formula is C72H92F2O15S2.